The normalized spacial score (nSPS) is 16.6. The molecule has 4 rings (SSSR count). The Bertz CT molecular complexity index is 1250. The van der Waals surface area contributed by atoms with Crippen molar-refractivity contribution >= 4 is 51.7 Å². The number of carbonyl (C=O) groups is 2. The van der Waals surface area contributed by atoms with Gasteiger partial charge in [0.1, 0.15) is 16.8 Å². The summed E-state index contributed by atoms with van der Waals surface area (Å²) in [6.45, 7) is 3.04. The van der Waals surface area contributed by atoms with Gasteiger partial charge in [-0.2, -0.15) is 0 Å². The van der Waals surface area contributed by atoms with Crippen LogP contribution in [-0.2, 0) is 16.0 Å². The molecule has 0 spiro atoms. The number of nitrogens with one attached hydrogen (secondary N) is 1. The van der Waals surface area contributed by atoms with Crippen LogP contribution >= 0.6 is 23.4 Å². The molecule has 1 N–H and O–H groups in total. The first kappa shape index (κ1) is 26.7. The number of benzene rings is 3. The van der Waals surface area contributed by atoms with Gasteiger partial charge in [-0.25, -0.2) is 9.38 Å². The molecule has 0 bridgehead atoms. The number of halogens is 2. The summed E-state index contributed by atoms with van der Waals surface area (Å²) < 4.78 is 19.0. The molecular weight excluding hydrogens is 513 g/mol. The van der Waals surface area contributed by atoms with Crippen LogP contribution in [0.15, 0.2) is 77.8 Å². The number of amides is 2. The minimum absolute atomic E-state index is 0.0389. The van der Waals surface area contributed by atoms with E-state index in [1.165, 1.54) is 36.0 Å². The molecule has 1 atom stereocenters. The van der Waals surface area contributed by atoms with E-state index in [0.717, 1.165) is 17.7 Å². The molecule has 1 saturated heterocycles. The zero-order chi connectivity index (χ0) is 26.2. The van der Waals surface area contributed by atoms with Crippen LogP contribution in [0.3, 0.4) is 0 Å². The average molecular weight is 540 g/mol. The smallest absolute Gasteiger partial charge is 0.238 e. The summed E-state index contributed by atoms with van der Waals surface area (Å²) in [7, 11) is 0. The second kappa shape index (κ2) is 12.7. The molecule has 192 valence electrons. The van der Waals surface area contributed by atoms with E-state index in [-0.39, 0.29) is 24.1 Å². The van der Waals surface area contributed by atoms with Gasteiger partial charge in [0.15, 0.2) is 5.17 Å². The Kier molecular flexibility index (Phi) is 9.19. The lowest BCUT2D eigenvalue weighted by atomic mass is 10.1. The number of nitrogens with zero attached hydrogens (tertiary/aromatic N) is 2. The summed E-state index contributed by atoms with van der Waals surface area (Å²) in [6, 6.07) is 20.3. The molecule has 0 aromatic heterocycles. The number of thioether (sulfide) groups is 1. The molecule has 1 aliphatic rings. The molecule has 1 heterocycles. The van der Waals surface area contributed by atoms with E-state index >= 15 is 0 Å². The summed E-state index contributed by atoms with van der Waals surface area (Å²) in [4.78, 5) is 32.5. The highest BCUT2D eigenvalue weighted by Crippen LogP contribution is 2.30. The van der Waals surface area contributed by atoms with Crippen molar-refractivity contribution in [3.63, 3.8) is 0 Å². The van der Waals surface area contributed by atoms with Gasteiger partial charge in [-0.3, -0.25) is 14.5 Å². The molecule has 3 aromatic carbocycles. The number of carbonyl (C=O) groups excluding carboxylic acids is 2. The molecular formula is C28H27ClFN3O3S. The van der Waals surface area contributed by atoms with E-state index in [4.69, 9.17) is 16.3 Å². The highest BCUT2D eigenvalue weighted by Gasteiger charge is 2.35. The third-order valence-electron chi connectivity index (χ3n) is 5.62. The Morgan fingerprint density at radius 3 is 2.49 bits per heavy atom. The molecule has 1 fully saturated rings. The highest BCUT2D eigenvalue weighted by molar-refractivity contribution is 8.15. The van der Waals surface area contributed by atoms with Crippen LogP contribution in [0.2, 0.25) is 5.02 Å². The van der Waals surface area contributed by atoms with Gasteiger partial charge in [0.2, 0.25) is 11.8 Å². The van der Waals surface area contributed by atoms with E-state index in [1.807, 2.05) is 19.1 Å². The number of hydrogen-bond acceptors (Lipinski definition) is 5. The van der Waals surface area contributed by atoms with Crippen molar-refractivity contribution < 1.29 is 18.7 Å². The number of anilines is 1. The van der Waals surface area contributed by atoms with Crippen molar-refractivity contribution in [1.82, 2.24) is 4.90 Å². The zero-order valence-electron chi connectivity index (χ0n) is 20.3. The lowest BCUT2D eigenvalue weighted by Crippen LogP contribution is -2.46. The van der Waals surface area contributed by atoms with Gasteiger partial charge in [-0.05, 0) is 79.1 Å². The van der Waals surface area contributed by atoms with Gasteiger partial charge in [0, 0.05) is 23.7 Å². The van der Waals surface area contributed by atoms with E-state index in [1.54, 1.807) is 41.3 Å². The fourth-order valence-corrected chi connectivity index (χ4v) is 4.91. The number of aliphatic imine (C=N–C) groups is 1. The predicted molar refractivity (Wildman–Crippen MR) is 147 cm³/mol. The second-order valence-electron chi connectivity index (χ2n) is 8.47. The Morgan fingerprint density at radius 1 is 1.11 bits per heavy atom. The molecule has 9 heteroatoms. The van der Waals surface area contributed by atoms with Gasteiger partial charge < -0.3 is 10.1 Å². The van der Waals surface area contributed by atoms with Crippen molar-refractivity contribution in [2.24, 2.45) is 4.99 Å². The standard InChI is InChI=1S/C28H27ClFN3O3S/c1-2-17-36-24-13-11-22(12-14-24)31-27(35)25-18-26(34)33(16-15-19-3-5-20(29)6-4-19)28(37-25)32-23-9-7-21(30)8-10-23/h3-14,25H,2,15-18H2,1H3,(H,31,35). The first-order chi connectivity index (χ1) is 17.9. The van der Waals surface area contributed by atoms with Gasteiger partial charge in [-0.1, -0.05) is 42.4 Å². The van der Waals surface area contributed by atoms with Crippen molar-refractivity contribution in [2.75, 3.05) is 18.5 Å². The van der Waals surface area contributed by atoms with E-state index in [9.17, 15) is 14.0 Å². The SMILES string of the molecule is CCCOc1ccc(NC(=O)C2CC(=O)N(CCc3ccc(Cl)cc3)C(=Nc3ccc(F)cc3)S2)cc1. The Balaban J connectivity index is 1.49. The van der Waals surface area contributed by atoms with Crippen molar-refractivity contribution in [3.05, 3.63) is 89.2 Å². The summed E-state index contributed by atoms with van der Waals surface area (Å²) in [6.07, 6.45) is 1.54. The van der Waals surface area contributed by atoms with Crippen LogP contribution in [0.4, 0.5) is 15.8 Å². The molecule has 0 radical (unpaired) electrons. The molecule has 0 aliphatic carbocycles. The van der Waals surface area contributed by atoms with Crippen LogP contribution in [-0.4, -0.2) is 40.3 Å². The van der Waals surface area contributed by atoms with Crippen LogP contribution in [0, 0.1) is 5.82 Å². The number of hydrogen-bond donors (Lipinski definition) is 1. The quantitative estimate of drug-likeness (QED) is 0.338. The van der Waals surface area contributed by atoms with Crippen molar-refractivity contribution in [1.29, 1.82) is 0 Å². The van der Waals surface area contributed by atoms with Gasteiger partial charge >= 0.3 is 0 Å². The molecule has 6 nitrogen and oxygen atoms in total. The summed E-state index contributed by atoms with van der Waals surface area (Å²) in [5.74, 6) is -0.131. The number of ether oxygens (including phenoxy) is 1. The Hall–Kier alpha value is -3.36. The minimum Gasteiger partial charge on any atom is -0.494 e. The van der Waals surface area contributed by atoms with E-state index in [0.29, 0.717) is 41.1 Å². The maximum atomic E-state index is 13.4. The largest absolute Gasteiger partial charge is 0.494 e. The van der Waals surface area contributed by atoms with E-state index in [2.05, 4.69) is 10.3 Å². The first-order valence-corrected chi connectivity index (χ1v) is 13.3. The molecule has 1 unspecified atom stereocenters. The minimum atomic E-state index is -0.658. The summed E-state index contributed by atoms with van der Waals surface area (Å²) in [5.41, 5.74) is 2.13. The summed E-state index contributed by atoms with van der Waals surface area (Å²) in [5, 5.41) is 3.27. The zero-order valence-corrected chi connectivity index (χ0v) is 21.9. The maximum absolute atomic E-state index is 13.4. The lowest BCUT2D eigenvalue weighted by Gasteiger charge is -2.32. The van der Waals surface area contributed by atoms with Crippen molar-refractivity contribution in [2.45, 2.75) is 31.4 Å². The van der Waals surface area contributed by atoms with Crippen LogP contribution in [0.5, 0.6) is 5.75 Å². The molecule has 37 heavy (non-hydrogen) atoms. The van der Waals surface area contributed by atoms with Gasteiger partial charge in [-0.15, -0.1) is 0 Å². The Morgan fingerprint density at radius 2 is 1.81 bits per heavy atom. The number of amidine groups is 1. The topological polar surface area (TPSA) is 71.0 Å². The maximum Gasteiger partial charge on any atom is 0.238 e. The predicted octanol–water partition coefficient (Wildman–Crippen LogP) is 6.47. The molecule has 0 saturated carbocycles. The number of rotatable bonds is 9. The second-order valence-corrected chi connectivity index (χ2v) is 10.1. The fourth-order valence-electron chi connectivity index (χ4n) is 3.66. The lowest BCUT2D eigenvalue weighted by molar-refractivity contribution is -0.129. The van der Waals surface area contributed by atoms with Crippen molar-refractivity contribution in [3.8, 4) is 5.75 Å². The van der Waals surface area contributed by atoms with E-state index < -0.39 is 5.25 Å². The highest BCUT2D eigenvalue weighted by atomic mass is 35.5. The van der Waals surface area contributed by atoms with Gasteiger partial charge in [0.25, 0.3) is 0 Å². The Labute approximate surface area is 224 Å². The van der Waals surface area contributed by atoms with Crippen LogP contribution in [0.25, 0.3) is 0 Å². The first-order valence-electron chi connectivity index (χ1n) is 12.0. The molecule has 1 aliphatic heterocycles. The summed E-state index contributed by atoms with van der Waals surface area (Å²) >= 11 is 7.21. The monoisotopic (exact) mass is 539 g/mol. The third-order valence-corrected chi connectivity index (χ3v) is 7.06. The van der Waals surface area contributed by atoms with Crippen LogP contribution < -0.4 is 10.1 Å². The third kappa shape index (κ3) is 7.57. The van der Waals surface area contributed by atoms with Crippen LogP contribution in [0.1, 0.15) is 25.3 Å². The molecule has 3 aromatic rings. The fraction of sp³-hybridized carbons (Fsp3) is 0.250. The molecule has 2 amide bonds. The van der Waals surface area contributed by atoms with Gasteiger partial charge in [0.05, 0.1) is 12.3 Å². The average Bonchev–Trinajstić information content (AvgIpc) is 2.90.